The fraction of sp³-hybridized carbons (Fsp3) is 1.00. The Kier molecular flexibility index (Phi) is 3.13. The molecule has 0 atom stereocenters. The van der Waals surface area contributed by atoms with Crippen molar-refractivity contribution in [3.8, 4) is 0 Å². The van der Waals surface area contributed by atoms with Crippen LogP contribution >= 0.6 is 0 Å². The van der Waals surface area contributed by atoms with Crippen LogP contribution in [0.5, 0.6) is 0 Å². The van der Waals surface area contributed by atoms with Crippen LogP contribution < -0.4 is 5.73 Å². The molecule has 0 aromatic rings. The zero-order chi connectivity index (χ0) is 10.0. The van der Waals surface area contributed by atoms with Crippen LogP contribution in [0.3, 0.4) is 0 Å². The summed E-state index contributed by atoms with van der Waals surface area (Å²) in [6.07, 6.45) is 9.43. The lowest BCUT2D eigenvalue weighted by atomic mass is 9.75. The second-order valence-corrected chi connectivity index (χ2v) is 5.53. The summed E-state index contributed by atoms with van der Waals surface area (Å²) < 4.78 is 0. The van der Waals surface area contributed by atoms with E-state index in [9.17, 15) is 0 Å². The lowest BCUT2D eigenvalue weighted by molar-refractivity contribution is 0.164. The summed E-state index contributed by atoms with van der Waals surface area (Å²) in [4.78, 5) is 2.48. The monoisotopic (exact) mass is 196 g/mol. The van der Waals surface area contributed by atoms with Crippen molar-refractivity contribution in [3.05, 3.63) is 0 Å². The predicted molar refractivity (Wildman–Crippen MR) is 60.2 cm³/mol. The quantitative estimate of drug-likeness (QED) is 0.728. The van der Waals surface area contributed by atoms with E-state index in [4.69, 9.17) is 5.73 Å². The average Bonchev–Trinajstić information content (AvgIpc) is 2.05. The maximum atomic E-state index is 6.20. The number of rotatable bonds is 5. The molecule has 2 N–H and O–H groups in total. The number of hydrogen-bond acceptors (Lipinski definition) is 2. The third-order valence-electron chi connectivity index (χ3n) is 4.14. The molecule has 0 aromatic carbocycles. The minimum Gasteiger partial charge on any atom is -0.325 e. The molecule has 2 heteroatoms. The maximum Gasteiger partial charge on any atom is 0.0166 e. The van der Waals surface area contributed by atoms with Crippen molar-refractivity contribution in [2.75, 3.05) is 20.1 Å². The van der Waals surface area contributed by atoms with Crippen molar-refractivity contribution in [2.24, 2.45) is 11.7 Å². The van der Waals surface area contributed by atoms with E-state index < -0.39 is 0 Å². The van der Waals surface area contributed by atoms with Crippen LogP contribution in [-0.2, 0) is 0 Å². The maximum absolute atomic E-state index is 6.20. The molecule has 2 saturated carbocycles. The lowest BCUT2D eigenvalue weighted by Gasteiger charge is -2.40. The molecule has 14 heavy (non-hydrogen) atoms. The van der Waals surface area contributed by atoms with Crippen molar-refractivity contribution in [1.82, 2.24) is 4.90 Å². The molecule has 2 nitrogen and oxygen atoms in total. The number of nitrogens with zero attached hydrogens (tertiary/aromatic N) is 1. The third kappa shape index (κ3) is 2.48. The molecule has 0 heterocycles. The number of hydrogen-bond donors (Lipinski definition) is 1. The van der Waals surface area contributed by atoms with Gasteiger partial charge in [-0.15, -0.1) is 0 Å². The fourth-order valence-corrected chi connectivity index (χ4v) is 2.50. The van der Waals surface area contributed by atoms with Gasteiger partial charge in [0.15, 0.2) is 0 Å². The SMILES string of the molecule is CN(CCC1(N)CCC1)CC1CCC1. The highest BCUT2D eigenvalue weighted by molar-refractivity contribution is 4.92. The van der Waals surface area contributed by atoms with Gasteiger partial charge in [0.25, 0.3) is 0 Å². The van der Waals surface area contributed by atoms with Crippen LogP contribution in [-0.4, -0.2) is 30.6 Å². The highest BCUT2D eigenvalue weighted by Crippen LogP contribution is 2.32. The summed E-state index contributed by atoms with van der Waals surface area (Å²) >= 11 is 0. The highest BCUT2D eigenvalue weighted by Gasteiger charge is 2.32. The van der Waals surface area contributed by atoms with Gasteiger partial charge in [-0.05, 0) is 58.0 Å². The molecule has 0 saturated heterocycles. The van der Waals surface area contributed by atoms with Gasteiger partial charge in [0.1, 0.15) is 0 Å². The first-order chi connectivity index (χ1) is 6.68. The predicted octanol–water partition coefficient (Wildman–Crippen LogP) is 1.99. The van der Waals surface area contributed by atoms with Crippen molar-refractivity contribution in [3.63, 3.8) is 0 Å². The van der Waals surface area contributed by atoms with Gasteiger partial charge in [-0.3, -0.25) is 0 Å². The Morgan fingerprint density at radius 2 is 2.00 bits per heavy atom. The summed E-state index contributed by atoms with van der Waals surface area (Å²) in [6.45, 7) is 2.50. The van der Waals surface area contributed by atoms with E-state index in [-0.39, 0.29) is 5.54 Å². The van der Waals surface area contributed by atoms with Gasteiger partial charge in [-0.1, -0.05) is 6.42 Å². The van der Waals surface area contributed by atoms with Crippen LogP contribution in [0, 0.1) is 5.92 Å². The van der Waals surface area contributed by atoms with Crippen molar-refractivity contribution in [2.45, 2.75) is 50.5 Å². The zero-order valence-corrected chi connectivity index (χ0v) is 9.47. The molecule has 2 fully saturated rings. The van der Waals surface area contributed by atoms with E-state index >= 15 is 0 Å². The molecule has 0 unspecified atom stereocenters. The van der Waals surface area contributed by atoms with Gasteiger partial charge in [0.05, 0.1) is 0 Å². The molecule has 0 radical (unpaired) electrons. The van der Waals surface area contributed by atoms with Gasteiger partial charge >= 0.3 is 0 Å². The molecule has 0 aromatic heterocycles. The van der Waals surface area contributed by atoms with Gasteiger partial charge in [-0.2, -0.15) is 0 Å². The highest BCUT2D eigenvalue weighted by atomic mass is 15.1. The average molecular weight is 196 g/mol. The molecule has 0 bridgehead atoms. The van der Waals surface area contributed by atoms with Crippen molar-refractivity contribution < 1.29 is 0 Å². The molecule has 0 spiro atoms. The number of nitrogens with two attached hydrogens (primary N) is 1. The Bertz CT molecular complexity index is 183. The Hall–Kier alpha value is -0.0800. The lowest BCUT2D eigenvalue weighted by Crippen LogP contribution is -2.48. The Labute approximate surface area is 87.8 Å². The van der Waals surface area contributed by atoms with Crippen molar-refractivity contribution in [1.29, 1.82) is 0 Å². The van der Waals surface area contributed by atoms with E-state index in [1.54, 1.807) is 0 Å². The normalized spacial score (nSPS) is 25.9. The van der Waals surface area contributed by atoms with Crippen LogP contribution in [0.15, 0.2) is 0 Å². The molecule has 2 rings (SSSR count). The first-order valence-corrected chi connectivity index (χ1v) is 6.15. The summed E-state index contributed by atoms with van der Waals surface area (Å²) in [5.41, 5.74) is 6.42. The van der Waals surface area contributed by atoms with Crippen molar-refractivity contribution >= 4 is 0 Å². The smallest absolute Gasteiger partial charge is 0.0166 e. The summed E-state index contributed by atoms with van der Waals surface area (Å²) in [5, 5.41) is 0. The summed E-state index contributed by atoms with van der Waals surface area (Å²) in [5.74, 6) is 0.995. The fourth-order valence-electron chi connectivity index (χ4n) is 2.50. The Morgan fingerprint density at radius 3 is 2.43 bits per heavy atom. The molecule has 2 aliphatic rings. The first-order valence-electron chi connectivity index (χ1n) is 6.15. The van der Waals surface area contributed by atoms with Crippen LogP contribution in [0.4, 0.5) is 0 Å². The molecule has 2 aliphatic carbocycles. The Balaban J connectivity index is 1.59. The minimum absolute atomic E-state index is 0.216. The second kappa shape index (κ2) is 4.19. The van der Waals surface area contributed by atoms with Crippen LogP contribution in [0.1, 0.15) is 44.9 Å². The van der Waals surface area contributed by atoms with Gasteiger partial charge < -0.3 is 10.6 Å². The molecular formula is C12H24N2. The molecule has 0 amide bonds. The summed E-state index contributed by atoms with van der Waals surface area (Å²) in [7, 11) is 2.25. The first kappa shape index (κ1) is 10.4. The van der Waals surface area contributed by atoms with Gasteiger partial charge in [0, 0.05) is 12.1 Å². The van der Waals surface area contributed by atoms with E-state index in [2.05, 4.69) is 11.9 Å². The van der Waals surface area contributed by atoms with E-state index in [0.717, 1.165) is 5.92 Å². The molecule has 82 valence electrons. The largest absolute Gasteiger partial charge is 0.325 e. The topological polar surface area (TPSA) is 29.3 Å². The molecular weight excluding hydrogens is 172 g/mol. The zero-order valence-electron chi connectivity index (χ0n) is 9.47. The van der Waals surface area contributed by atoms with E-state index in [1.807, 2.05) is 0 Å². The molecule has 0 aliphatic heterocycles. The van der Waals surface area contributed by atoms with Gasteiger partial charge in [-0.25, -0.2) is 0 Å². The van der Waals surface area contributed by atoms with E-state index in [1.165, 1.54) is 58.0 Å². The van der Waals surface area contributed by atoms with Crippen LogP contribution in [0.25, 0.3) is 0 Å². The van der Waals surface area contributed by atoms with E-state index in [0.29, 0.717) is 0 Å². The standard InChI is InChI=1S/C12H24N2/c1-14(10-11-4-2-5-11)9-8-12(13)6-3-7-12/h11H,2-10,13H2,1H3. The minimum atomic E-state index is 0.216. The summed E-state index contributed by atoms with van der Waals surface area (Å²) in [6, 6.07) is 0. The third-order valence-corrected chi connectivity index (χ3v) is 4.14. The van der Waals surface area contributed by atoms with Gasteiger partial charge in [0.2, 0.25) is 0 Å². The second-order valence-electron chi connectivity index (χ2n) is 5.53. The van der Waals surface area contributed by atoms with Crippen LogP contribution in [0.2, 0.25) is 0 Å². The Morgan fingerprint density at radius 1 is 1.29 bits per heavy atom.